The fraction of sp³-hybridized carbons (Fsp3) is 0.857. The van der Waals surface area contributed by atoms with Gasteiger partial charge in [-0.3, -0.25) is 4.90 Å². The molecule has 1 saturated heterocycles. The van der Waals surface area contributed by atoms with Gasteiger partial charge in [0.1, 0.15) is 0 Å². The van der Waals surface area contributed by atoms with Crippen LogP contribution in [0.15, 0.2) is 12.2 Å². The number of nitrogens with zero attached hydrogens (tertiary/aromatic N) is 2. The Morgan fingerprint density at radius 2 is 1.76 bits per heavy atom. The number of piperazine rings is 1. The van der Waals surface area contributed by atoms with E-state index in [0.29, 0.717) is 6.61 Å². The molecule has 0 amide bonds. The van der Waals surface area contributed by atoms with Gasteiger partial charge >= 0.3 is 0 Å². The SMILES string of the molecule is OCCN1CCN(CC2CC3C=CC2C3)CC1. The maximum atomic E-state index is 8.92. The Morgan fingerprint density at radius 3 is 2.35 bits per heavy atom. The molecule has 3 unspecified atom stereocenters. The van der Waals surface area contributed by atoms with Gasteiger partial charge in [-0.2, -0.15) is 0 Å². The average Bonchev–Trinajstić information content (AvgIpc) is 2.94. The fourth-order valence-corrected chi connectivity index (χ4v) is 3.77. The topological polar surface area (TPSA) is 26.7 Å². The molecule has 1 heterocycles. The molecule has 0 spiro atoms. The summed E-state index contributed by atoms with van der Waals surface area (Å²) in [5.74, 6) is 2.71. The standard InChI is InChI=1S/C14H24N2O/c17-8-7-15-3-5-16(6-4-15)11-14-10-12-1-2-13(14)9-12/h1-2,12-14,17H,3-11H2. The Balaban J connectivity index is 1.44. The summed E-state index contributed by atoms with van der Waals surface area (Å²) < 4.78 is 0. The molecule has 0 aromatic rings. The lowest BCUT2D eigenvalue weighted by molar-refractivity contribution is 0.0980. The van der Waals surface area contributed by atoms with Gasteiger partial charge in [0.25, 0.3) is 0 Å². The van der Waals surface area contributed by atoms with Crippen molar-refractivity contribution in [3.63, 3.8) is 0 Å². The summed E-state index contributed by atoms with van der Waals surface area (Å²) in [4.78, 5) is 5.00. The number of hydrogen-bond acceptors (Lipinski definition) is 3. The Bertz CT molecular complexity index is 284. The van der Waals surface area contributed by atoms with Crippen molar-refractivity contribution in [2.45, 2.75) is 12.8 Å². The first-order valence-electron chi connectivity index (χ1n) is 7.09. The molecular weight excluding hydrogens is 212 g/mol. The summed E-state index contributed by atoms with van der Waals surface area (Å²) in [6.07, 6.45) is 7.74. The van der Waals surface area contributed by atoms with Gasteiger partial charge in [-0.05, 0) is 30.6 Å². The first-order chi connectivity index (χ1) is 8.35. The molecule has 96 valence electrons. The van der Waals surface area contributed by atoms with E-state index < -0.39 is 0 Å². The van der Waals surface area contributed by atoms with Crippen LogP contribution in [0.2, 0.25) is 0 Å². The highest BCUT2D eigenvalue weighted by Crippen LogP contribution is 2.43. The first kappa shape index (κ1) is 11.7. The summed E-state index contributed by atoms with van der Waals surface area (Å²) in [6.45, 7) is 7.12. The summed E-state index contributed by atoms with van der Waals surface area (Å²) in [7, 11) is 0. The lowest BCUT2D eigenvalue weighted by atomic mass is 9.93. The van der Waals surface area contributed by atoms with Crippen molar-refractivity contribution in [3.8, 4) is 0 Å². The summed E-state index contributed by atoms with van der Waals surface area (Å²) in [5, 5.41) is 8.92. The molecule has 1 N–H and O–H groups in total. The second-order valence-corrected chi connectivity index (χ2v) is 5.91. The number of fused-ring (bicyclic) bond motifs is 2. The largest absolute Gasteiger partial charge is 0.395 e. The van der Waals surface area contributed by atoms with Crippen LogP contribution in [0.4, 0.5) is 0 Å². The third kappa shape index (κ3) is 2.56. The Labute approximate surface area is 104 Å². The molecule has 0 aromatic carbocycles. The third-order valence-electron chi connectivity index (χ3n) is 4.79. The summed E-state index contributed by atoms with van der Waals surface area (Å²) in [5.41, 5.74) is 0. The van der Waals surface area contributed by atoms with Crippen LogP contribution < -0.4 is 0 Å². The minimum absolute atomic E-state index is 0.303. The van der Waals surface area contributed by atoms with Crippen LogP contribution in [0.5, 0.6) is 0 Å². The minimum atomic E-state index is 0.303. The average molecular weight is 236 g/mol. The zero-order chi connectivity index (χ0) is 11.7. The third-order valence-corrected chi connectivity index (χ3v) is 4.79. The van der Waals surface area contributed by atoms with Crippen molar-refractivity contribution in [1.82, 2.24) is 9.80 Å². The highest BCUT2D eigenvalue weighted by Gasteiger charge is 2.36. The molecule has 17 heavy (non-hydrogen) atoms. The summed E-state index contributed by atoms with van der Waals surface area (Å²) in [6, 6.07) is 0. The lowest BCUT2D eigenvalue weighted by Crippen LogP contribution is -2.48. The van der Waals surface area contributed by atoms with Gasteiger partial charge < -0.3 is 10.0 Å². The Morgan fingerprint density at radius 1 is 1.00 bits per heavy atom. The molecule has 3 atom stereocenters. The van der Waals surface area contributed by atoms with Crippen molar-refractivity contribution < 1.29 is 5.11 Å². The van der Waals surface area contributed by atoms with E-state index in [9.17, 15) is 0 Å². The predicted octanol–water partition coefficient (Wildman–Crippen LogP) is 0.808. The van der Waals surface area contributed by atoms with Crippen LogP contribution in [-0.2, 0) is 0 Å². The second kappa shape index (κ2) is 5.09. The van der Waals surface area contributed by atoms with E-state index in [-0.39, 0.29) is 0 Å². The maximum Gasteiger partial charge on any atom is 0.0558 e. The number of aliphatic hydroxyl groups excluding tert-OH is 1. The van der Waals surface area contributed by atoms with Gasteiger partial charge in [0, 0.05) is 39.3 Å². The molecule has 1 saturated carbocycles. The van der Waals surface area contributed by atoms with E-state index in [2.05, 4.69) is 22.0 Å². The van der Waals surface area contributed by atoms with Crippen molar-refractivity contribution in [2.75, 3.05) is 45.9 Å². The van der Waals surface area contributed by atoms with Crippen molar-refractivity contribution >= 4 is 0 Å². The lowest BCUT2D eigenvalue weighted by Gasteiger charge is -2.36. The van der Waals surface area contributed by atoms with E-state index in [1.165, 1.54) is 32.5 Å². The van der Waals surface area contributed by atoms with Crippen LogP contribution in [0.1, 0.15) is 12.8 Å². The van der Waals surface area contributed by atoms with Gasteiger partial charge in [0.2, 0.25) is 0 Å². The molecule has 0 aromatic heterocycles. The monoisotopic (exact) mass is 236 g/mol. The van der Waals surface area contributed by atoms with Gasteiger partial charge in [-0.15, -0.1) is 0 Å². The van der Waals surface area contributed by atoms with E-state index in [1.54, 1.807) is 0 Å². The van der Waals surface area contributed by atoms with Crippen molar-refractivity contribution in [1.29, 1.82) is 0 Å². The highest BCUT2D eigenvalue weighted by molar-refractivity contribution is 5.10. The van der Waals surface area contributed by atoms with E-state index in [0.717, 1.165) is 37.4 Å². The molecule has 1 aliphatic heterocycles. The zero-order valence-electron chi connectivity index (χ0n) is 10.6. The van der Waals surface area contributed by atoms with Crippen LogP contribution in [-0.4, -0.2) is 60.8 Å². The van der Waals surface area contributed by atoms with Crippen LogP contribution >= 0.6 is 0 Å². The normalized spacial score (nSPS) is 38.1. The maximum absolute atomic E-state index is 8.92. The van der Waals surface area contributed by atoms with E-state index in [1.807, 2.05) is 0 Å². The Kier molecular flexibility index (Phi) is 3.50. The molecule has 0 radical (unpaired) electrons. The van der Waals surface area contributed by atoms with Crippen molar-refractivity contribution in [3.05, 3.63) is 12.2 Å². The predicted molar refractivity (Wildman–Crippen MR) is 68.8 cm³/mol. The van der Waals surface area contributed by atoms with E-state index >= 15 is 0 Å². The molecule has 2 fully saturated rings. The second-order valence-electron chi connectivity index (χ2n) is 5.91. The smallest absolute Gasteiger partial charge is 0.0558 e. The van der Waals surface area contributed by atoms with Gasteiger partial charge in [0.05, 0.1) is 6.61 Å². The molecule has 2 bridgehead atoms. The van der Waals surface area contributed by atoms with Gasteiger partial charge in [-0.25, -0.2) is 0 Å². The first-order valence-corrected chi connectivity index (χ1v) is 7.09. The van der Waals surface area contributed by atoms with E-state index in [4.69, 9.17) is 5.11 Å². The molecule has 2 aliphatic carbocycles. The fourth-order valence-electron chi connectivity index (χ4n) is 3.77. The molecule has 3 rings (SSSR count). The Hall–Kier alpha value is -0.380. The van der Waals surface area contributed by atoms with Crippen LogP contribution in [0.3, 0.4) is 0 Å². The summed E-state index contributed by atoms with van der Waals surface area (Å²) >= 11 is 0. The zero-order valence-corrected chi connectivity index (χ0v) is 10.6. The minimum Gasteiger partial charge on any atom is -0.395 e. The number of hydrogen-bond donors (Lipinski definition) is 1. The number of β-amino-alcohol motifs (C(OH)–C–C–N with tert-alkyl or cyclic N) is 1. The van der Waals surface area contributed by atoms with Crippen molar-refractivity contribution in [2.24, 2.45) is 17.8 Å². The molecule has 3 nitrogen and oxygen atoms in total. The van der Waals surface area contributed by atoms with Crippen LogP contribution in [0, 0.1) is 17.8 Å². The number of rotatable bonds is 4. The number of aliphatic hydroxyl groups is 1. The quantitative estimate of drug-likeness (QED) is 0.732. The van der Waals surface area contributed by atoms with Gasteiger partial charge in [0.15, 0.2) is 0 Å². The number of allylic oxidation sites excluding steroid dienone is 2. The van der Waals surface area contributed by atoms with Gasteiger partial charge in [-0.1, -0.05) is 12.2 Å². The molecule has 3 aliphatic rings. The highest BCUT2D eigenvalue weighted by atomic mass is 16.3. The molecular formula is C14H24N2O. The van der Waals surface area contributed by atoms with Crippen LogP contribution in [0.25, 0.3) is 0 Å². The molecule has 3 heteroatoms.